The number of amides is 1. The highest BCUT2D eigenvalue weighted by Crippen LogP contribution is 2.26. The zero-order valence-electron chi connectivity index (χ0n) is 17.0. The van der Waals surface area contributed by atoms with Crippen LogP contribution in [0.25, 0.3) is 0 Å². The van der Waals surface area contributed by atoms with Gasteiger partial charge in [-0.15, -0.1) is 0 Å². The van der Waals surface area contributed by atoms with E-state index in [9.17, 15) is 14.7 Å². The van der Waals surface area contributed by atoms with Crippen molar-refractivity contribution in [3.05, 3.63) is 65.7 Å². The number of ether oxygens (including phenoxy) is 2. The number of carboxylic acids is 1. The minimum absolute atomic E-state index is 0.178. The summed E-state index contributed by atoms with van der Waals surface area (Å²) >= 11 is 0. The molecule has 2 atom stereocenters. The summed E-state index contributed by atoms with van der Waals surface area (Å²) in [4.78, 5) is 25.2. The zero-order valence-corrected chi connectivity index (χ0v) is 17.0. The molecule has 2 aromatic rings. The Balaban J connectivity index is 1.62. The molecule has 0 bridgehead atoms. The number of hydrogen-bond donors (Lipinski definition) is 1. The fourth-order valence-electron chi connectivity index (χ4n) is 3.35. The van der Waals surface area contributed by atoms with Crippen LogP contribution in [0.4, 0.5) is 4.79 Å². The normalized spacial score (nSPS) is 19.1. The summed E-state index contributed by atoms with van der Waals surface area (Å²) in [6, 6.07) is 17.0. The van der Waals surface area contributed by atoms with Crippen molar-refractivity contribution in [1.29, 1.82) is 0 Å². The van der Waals surface area contributed by atoms with Crippen LogP contribution in [0.3, 0.4) is 0 Å². The van der Waals surface area contributed by atoms with Gasteiger partial charge in [-0.3, -0.25) is 4.90 Å². The molecule has 1 N–H and O–H groups in total. The summed E-state index contributed by atoms with van der Waals surface area (Å²) < 4.78 is 11.3. The summed E-state index contributed by atoms with van der Waals surface area (Å²) in [7, 11) is 0. The molecule has 1 aliphatic heterocycles. The molecule has 2 unspecified atom stereocenters. The van der Waals surface area contributed by atoms with Crippen LogP contribution < -0.4 is 4.74 Å². The van der Waals surface area contributed by atoms with Gasteiger partial charge in [0.25, 0.3) is 0 Å². The lowest BCUT2D eigenvalue weighted by Gasteiger charge is -2.26. The van der Waals surface area contributed by atoms with Crippen molar-refractivity contribution in [3.63, 3.8) is 0 Å². The molecule has 154 valence electrons. The maximum atomic E-state index is 12.4. The van der Waals surface area contributed by atoms with Gasteiger partial charge in [0.1, 0.15) is 23.5 Å². The van der Waals surface area contributed by atoms with Crippen molar-refractivity contribution < 1.29 is 24.2 Å². The van der Waals surface area contributed by atoms with Gasteiger partial charge in [0.05, 0.1) is 6.54 Å². The minimum atomic E-state index is -1.06. The minimum Gasteiger partial charge on any atom is -0.488 e. The largest absolute Gasteiger partial charge is 0.488 e. The van der Waals surface area contributed by atoms with Crippen LogP contribution in [-0.4, -0.2) is 46.4 Å². The Labute approximate surface area is 171 Å². The summed E-state index contributed by atoms with van der Waals surface area (Å²) in [5.74, 6) is -0.401. The SMILES string of the molecule is CC(C)(C)OC(=O)N1CC(Oc2ccc(Cc3ccccc3)cc2)CC1C(=O)O. The Morgan fingerprint density at radius 3 is 2.24 bits per heavy atom. The molecule has 1 saturated heterocycles. The fourth-order valence-corrected chi connectivity index (χ4v) is 3.35. The fraction of sp³-hybridized carbons (Fsp3) is 0.391. The molecule has 0 aliphatic carbocycles. The summed E-state index contributed by atoms with van der Waals surface area (Å²) in [5, 5.41) is 9.49. The monoisotopic (exact) mass is 397 g/mol. The standard InChI is InChI=1S/C23H27NO5/c1-23(2,3)29-22(27)24-15-19(14-20(24)21(25)26)28-18-11-9-17(10-12-18)13-16-7-5-4-6-8-16/h4-12,19-20H,13-15H2,1-3H3,(H,25,26). The summed E-state index contributed by atoms with van der Waals surface area (Å²) in [6.45, 7) is 5.43. The summed E-state index contributed by atoms with van der Waals surface area (Å²) in [5.41, 5.74) is 1.70. The lowest BCUT2D eigenvalue weighted by atomic mass is 10.1. The van der Waals surface area contributed by atoms with E-state index >= 15 is 0 Å². The van der Waals surface area contributed by atoms with Gasteiger partial charge in [-0.05, 0) is 50.5 Å². The van der Waals surface area contributed by atoms with Crippen LogP contribution in [0.1, 0.15) is 38.3 Å². The number of nitrogens with zero attached hydrogens (tertiary/aromatic N) is 1. The molecular formula is C23H27NO5. The predicted octanol–water partition coefficient (Wildman–Crippen LogP) is 4.12. The van der Waals surface area contributed by atoms with E-state index in [0.717, 1.165) is 12.0 Å². The molecule has 6 heteroatoms. The number of rotatable bonds is 5. The first kappa shape index (κ1) is 20.7. The van der Waals surface area contributed by atoms with Gasteiger partial charge in [0.2, 0.25) is 0 Å². The second kappa shape index (κ2) is 8.55. The van der Waals surface area contributed by atoms with Crippen molar-refractivity contribution in [2.75, 3.05) is 6.54 Å². The number of benzene rings is 2. The lowest BCUT2D eigenvalue weighted by molar-refractivity contribution is -0.142. The van der Waals surface area contributed by atoms with Gasteiger partial charge in [-0.1, -0.05) is 42.5 Å². The van der Waals surface area contributed by atoms with E-state index < -0.39 is 29.8 Å². The first-order valence-electron chi connectivity index (χ1n) is 9.73. The number of carboxylic acid groups (broad SMARTS) is 1. The molecule has 1 fully saturated rings. The number of aliphatic carboxylic acids is 1. The molecule has 0 radical (unpaired) electrons. The molecule has 0 aromatic heterocycles. The topological polar surface area (TPSA) is 76.1 Å². The Morgan fingerprint density at radius 1 is 1.03 bits per heavy atom. The number of likely N-dealkylation sites (tertiary alicyclic amines) is 1. The Bertz CT molecular complexity index is 842. The second-order valence-electron chi connectivity index (χ2n) is 8.27. The zero-order chi connectivity index (χ0) is 21.0. The molecule has 1 amide bonds. The van der Waals surface area contributed by atoms with Crippen molar-refractivity contribution in [2.45, 2.75) is 51.4 Å². The van der Waals surface area contributed by atoms with Crippen LogP contribution in [-0.2, 0) is 16.0 Å². The van der Waals surface area contributed by atoms with E-state index in [-0.39, 0.29) is 13.0 Å². The Hall–Kier alpha value is -3.02. The highest BCUT2D eigenvalue weighted by atomic mass is 16.6. The van der Waals surface area contributed by atoms with Gasteiger partial charge >= 0.3 is 12.1 Å². The quantitative estimate of drug-likeness (QED) is 0.821. The van der Waals surface area contributed by atoms with E-state index in [1.165, 1.54) is 10.5 Å². The third-order valence-corrected chi connectivity index (χ3v) is 4.65. The average Bonchev–Trinajstić information content (AvgIpc) is 3.07. The van der Waals surface area contributed by atoms with Crippen molar-refractivity contribution in [3.8, 4) is 5.75 Å². The van der Waals surface area contributed by atoms with Gasteiger partial charge in [0, 0.05) is 6.42 Å². The van der Waals surface area contributed by atoms with Crippen LogP contribution in [0, 0.1) is 0 Å². The second-order valence-corrected chi connectivity index (χ2v) is 8.27. The molecule has 1 heterocycles. The predicted molar refractivity (Wildman–Crippen MR) is 109 cm³/mol. The van der Waals surface area contributed by atoms with E-state index in [2.05, 4.69) is 12.1 Å². The average molecular weight is 397 g/mol. The van der Waals surface area contributed by atoms with Gasteiger partial charge in [-0.25, -0.2) is 9.59 Å². The third-order valence-electron chi connectivity index (χ3n) is 4.65. The molecular weight excluding hydrogens is 370 g/mol. The van der Waals surface area contributed by atoms with Gasteiger partial charge in [0.15, 0.2) is 0 Å². The van der Waals surface area contributed by atoms with Gasteiger partial charge < -0.3 is 14.6 Å². The molecule has 0 spiro atoms. The number of carbonyl (C=O) groups is 2. The van der Waals surface area contributed by atoms with E-state index in [1.54, 1.807) is 20.8 Å². The Kier molecular flexibility index (Phi) is 6.11. The van der Waals surface area contributed by atoms with Crippen LogP contribution >= 0.6 is 0 Å². The first-order valence-corrected chi connectivity index (χ1v) is 9.73. The van der Waals surface area contributed by atoms with E-state index in [0.29, 0.717) is 5.75 Å². The molecule has 0 saturated carbocycles. The van der Waals surface area contributed by atoms with E-state index in [4.69, 9.17) is 9.47 Å². The number of hydrogen-bond acceptors (Lipinski definition) is 4. The summed E-state index contributed by atoms with van der Waals surface area (Å²) in [6.07, 6.45) is 0.0242. The van der Waals surface area contributed by atoms with Gasteiger partial charge in [-0.2, -0.15) is 0 Å². The van der Waals surface area contributed by atoms with E-state index in [1.807, 2.05) is 42.5 Å². The highest BCUT2D eigenvalue weighted by Gasteiger charge is 2.42. The Morgan fingerprint density at radius 2 is 1.66 bits per heavy atom. The van der Waals surface area contributed by atoms with Crippen molar-refractivity contribution in [2.24, 2.45) is 0 Å². The van der Waals surface area contributed by atoms with Crippen LogP contribution in [0.2, 0.25) is 0 Å². The van der Waals surface area contributed by atoms with Crippen molar-refractivity contribution in [1.82, 2.24) is 4.90 Å². The first-order chi connectivity index (χ1) is 13.7. The van der Waals surface area contributed by atoms with Crippen LogP contribution in [0.5, 0.6) is 5.75 Å². The maximum absolute atomic E-state index is 12.4. The molecule has 1 aliphatic rings. The number of carbonyl (C=O) groups excluding carboxylic acids is 1. The smallest absolute Gasteiger partial charge is 0.411 e. The van der Waals surface area contributed by atoms with Crippen LogP contribution in [0.15, 0.2) is 54.6 Å². The lowest BCUT2D eigenvalue weighted by Crippen LogP contribution is -2.43. The maximum Gasteiger partial charge on any atom is 0.411 e. The highest BCUT2D eigenvalue weighted by molar-refractivity contribution is 5.81. The third kappa shape index (κ3) is 5.73. The molecule has 6 nitrogen and oxygen atoms in total. The molecule has 3 rings (SSSR count). The molecule has 29 heavy (non-hydrogen) atoms. The molecule has 2 aromatic carbocycles. The van der Waals surface area contributed by atoms with Crippen molar-refractivity contribution >= 4 is 12.1 Å².